The summed E-state index contributed by atoms with van der Waals surface area (Å²) in [5, 5.41) is 2.88. The molecule has 0 spiro atoms. The lowest BCUT2D eigenvalue weighted by Gasteiger charge is -2.03. The molecule has 3 aromatic rings. The van der Waals surface area contributed by atoms with Gasteiger partial charge < -0.3 is 11.1 Å². The monoisotopic (exact) mass is 289 g/mol. The zero-order chi connectivity index (χ0) is 13.4. The number of hydrogen-bond donors (Lipinski definition) is 2. The fourth-order valence-electron chi connectivity index (χ4n) is 1.73. The van der Waals surface area contributed by atoms with Crippen molar-refractivity contribution in [3.63, 3.8) is 0 Å². The molecular weight excluding hydrogens is 278 g/mol. The Hall–Kier alpha value is -1.92. The number of thiophene rings is 1. The maximum atomic E-state index is 12.1. The van der Waals surface area contributed by atoms with E-state index in [1.807, 2.05) is 25.1 Å². The number of aromatic nitrogens is 1. The van der Waals surface area contributed by atoms with Gasteiger partial charge in [0.25, 0.3) is 5.91 Å². The Morgan fingerprint density at radius 2 is 2.21 bits per heavy atom. The first-order chi connectivity index (χ1) is 9.13. The molecule has 96 valence electrons. The van der Waals surface area contributed by atoms with E-state index in [0.29, 0.717) is 10.6 Å². The zero-order valence-electron chi connectivity index (χ0n) is 10.1. The second-order valence-electron chi connectivity index (χ2n) is 4.11. The van der Waals surface area contributed by atoms with Gasteiger partial charge in [-0.25, -0.2) is 4.98 Å². The second-order valence-corrected chi connectivity index (χ2v) is 6.25. The van der Waals surface area contributed by atoms with Crippen LogP contribution >= 0.6 is 22.7 Å². The summed E-state index contributed by atoms with van der Waals surface area (Å²) in [7, 11) is 0. The highest BCUT2D eigenvalue weighted by Gasteiger charge is 2.11. The van der Waals surface area contributed by atoms with Gasteiger partial charge in [0, 0.05) is 16.3 Å². The van der Waals surface area contributed by atoms with Crippen LogP contribution in [-0.2, 0) is 0 Å². The van der Waals surface area contributed by atoms with Crippen molar-refractivity contribution < 1.29 is 4.79 Å². The molecule has 0 saturated heterocycles. The molecule has 0 unspecified atom stereocenters. The number of benzene rings is 1. The van der Waals surface area contributed by atoms with Crippen LogP contribution in [0.15, 0.2) is 29.8 Å². The Bertz CT molecular complexity index is 741. The van der Waals surface area contributed by atoms with Crippen molar-refractivity contribution in [2.75, 3.05) is 11.1 Å². The molecule has 2 aromatic heterocycles. The number of carbonyl (C=O) groups is 1. The number of carbonyl (C=O) groups excluding carboxylic acids is 1. The van der Waals surface area contributed by atoms with Crippen LogP contribution in [-0.4, -0.2) is 10.9 Å². The molecule has 3 N–H and O–H groups in total. The smallest absolute Gasteiger partial charge is 0.265 e. The molecular formula is C13H11N3OS2. The van der Waals surface area contributed by atoms with E-state index in [1.165, 1.54) is 11.3 Å². The van der Waals surface area contributed by atoms with Crippen LogP contribution in [0.1, 0.15) is 14.5 Å². The summed E-state index contributed by atoms with van der Waals surface area (Å²) >= 11 is 2.95. The van der Waals surface area contributed by atoms with Crippen LogP contribution in [0, 0.1) is 6.92 Å². The van der Waals surface area contributed by atoms with Crippen molar-refractivity contribution in [1.29, 1.82) is 0 Å². The Morgan fingerprint density at radius 1 is 1.37 bits per heavy atom. The molecule has 0 fully saturated rings. The fraction of sp³-hybridized carbons (Fsp3) is 0.0769. The van der Waals surface area contributed by atoms with E-state index in [9.17, 15) is 4.79 Å². The van der Waals surface area contributed by atoms with Gasteiger partial charge in [-0.15, -0.1) is 22.7 Å². The third-order valence-electron chi connectivity index (χ3n) is 2.77. The normalized spacial score (nSPS) is 10.8. The van der Waals surface area contributed by atoms with Gasteiger partial charge >= 0.3 is 0 Å². The minimum absolute atomic E-state index is 0.131. The molecule has 0 saturated carbocycles. The molecule has 19 heavy (non-hydrogen) atoms. The Balaban J connectivity index is 1.85. The number of anilines is 2. The van der Waals surface area contributed by atoms with Crippen LogP contribution in [0.3, 0.4) is 0 Å². The third-order valence-corrected chi connectivity index (χ3v) is 4.63. The first kappa shape index (κ1) is 12.1. The van der Waals surface area contributed by atoms with E-state index in [2.05, 4.69) is 10.3 Å². The lowest BCUT2D eigenvalue weighted by atomic mass is 10.3. The Labute approximate surface area is 117 Å². The highest BCUT2D eigenvalue weighted by molar-refractivity contribution is 7.16. The van der Waals surface area contributed by atoms with E-state index in [0.717, 1.165) is 20.8 Å². The molecule has 0 aliphatic heterocycles. The molecule has 0 radical (unpaired) electrons. The predicted octanol–water partition coefficient (Wildman–Crippen LogP) is 3.50. The molecule has 1 amide bonds. The predicted molar refractivity (Wildman–Crippen MR) is 81.0 cm³/mol. The van der Waals surface area contributed by atoms with E-state index in [-0.39, 0.29) is 5.91 Å². The van der Waals surface area contributed by atoms with Crippen molar-refractivity contribution >= 4 is 50.2 Å². The van der Waals surface area contributed by atoms with E-state index in [1.54, 1.807) is 22.9 Å². The van der Waals surface area contributed by atoms with Gasteiger partial charge in [0.1, 0.15) is 0 Å². The summed E-state index contributed by atoms with van der Waals surface area (Å²) in [6.07, 6.45) is 0. The van der Waals surface area contributed by atoms with Crippen LogP contribution in [0.4, 0.5) is 11.4 Å². The highest BCUT2D eigenvalue weighted by atomic mass is 32.1. The minimum atomic E-state index is -0.131. The van der Waals surface area contributed by atoms with Crippen molar-refractivity contribution in [3.05, 3.63) is 39.5 Å². The maximum Gasteiger partial charge on any atom is 0.265 e. The summed E-state index contributed by atoms with van der Waals surface area (Å²) in [4.78, 5) is 17.9. The van der Waals surface area contributed by atoms with Gasteiger partial charge in [0.2, 0.25) is 0 Å². The van der Waals surface area contributed by atoms with Gasteiger partial charge in [-0.05, 0) is 31.2 Å². The number of aryl methyl sites for hydroxylation is 1. The van der Waals surface area contributed by atoms with Crippen molar-refractivity contribution in [1.82, 2.24) is 4.98 Å². The number of amides is 1. The highest BCUT2D eigenvalue weighted by Crippen LogP contribution is 2.26. The molecule has 4 nitrogen and oxygen atoms in total. The van der Waals surface area contributed by atoms with Crippen molar-refractivity contribution in [2.45, 2.75) is 6.92 Å². The lowest BCUT2D eigenvalue weighted by Crippen LogP contribution is -2.09. The Morgan fingerprint density at radius 3 is 2.95 bits per heavy atom. The molecule has 6 heteroatoms. The van der Waals surface area contributed by atoms with Crippen LogP contribution in [0.25, 0.3) is 10.2 Å². The van der Waals surface area contributed by atoms with Gasteiger partial charge in [-0.3, -0.25) is 4.79 Å². The number of nitrogens with one attached hydrogen (secondary N) is 1. The quantitative estimate of drug-likeness (QED) is 0.758. The largest absolute Gasteiger partial charge is 0.398 e. The molecule has 0 aliphatic rings. The number of nitrogens with zero attached hydrogens (tertiary/aromatic N) is 1. The number of fused-ring (bicyclic) bond motifs is 1. The van der Waals surface area contributed by atoms with Gasteiger partial charge in [-0.2, -0.15) is 0 Å². The van der Waals surface area contributed by atoms with Gasteiger partial charge in [-0.1, -0.05) is 0 Å². The number of hydrogen-bond acceptors (Lipinski definition) is 5. The molecule has 0 bridgehead atoms. The third kappa shape index (κ3) is 2.32. The first-order valence-electron chi connectivity index (χ1n) is 5.64. The fourth-order valence-corrected chi connectivity index (χ4v) is 3.29. The summed E-state index contributed by atoms with van der Waals surface area (Å²) in [5.74, 6) is -0.131. The zero-order valence-corrected chi connectivity index (χ0v) is 11.8. The maximum absolute atomic E-state index is 12.1. The summed E-state index contributed by atoms with van der Waals surface area (Å²) in [6, 6.07) is 7.38. The molecule has 1 aromatic carbocycles. The first-order valence-corrected chi connectivity index (χ1v) is 7.33. The summed E-state index contributed by atoms with van der Waals surface area (Å²) in [6.45, 7) is 1.90. The molecule has 0 aliphatic carbocycles. The summed E-state index contributed by atoms with van der Waals surface area (Å²) < 4.78 is 1.06. The SMILES string of the molecule is Cc1sc(C(=O)Nc2ccc3ncsc3c2)cc1N. The molecule has 2 heterocycles. The Kier molecular flexibility index (Phi) is 2.96. The number of thiazole rings is 1. The second kappa shape index (κ2) is 4.64. The average Bonchev–Trinajstić information content (AvgIpc) is 2.96. The summed E-state index contributed by atoms with van der Waals surface area (Å²) in [5.41, 5.74) is 9.92. The van der Waals surface area contributed by atoms with E-state index < -0.39 is 0 Å². The van der Waals surface area contributed by atoms with Crippen LogP contribution < -0.4 is 11.1 Å². The molecule has 3 rings (SSSR count). The average molecular weight is 289 g/mol. The lowest BCUT2D eigenvalue weighted by molar-refractivity contribution is 0.103. The number of rotatable bonds is 2. The van der Waals surface area contributed by atoms with Gasteiger partial charge in [0.15, 0.2) is 0 Å². The topological polar surface area (TPSA) is 68.0 Å². The van der Waals surface area contributed by atoms with Crippen LogP contribution in [0.2, 0.25) is 0 Å². The van der Waals surface area contributed by atoms with Crippen molar-refractivity contribution in [3.8, 4) is 0 Å². The number of nitrogen functional groups attached to an aromatic ring is 1. The standard InChI is InChI=1S/C13H11N3OS2/c1-7-9(14)5-12(19-7)13(17)16-8-2-3-10-11(4-8)18-6-15-10/h2-6H,14H2,1H3,(H,16,17). The van der Waals surface area contributed by atoms with Gasteiger partial charge in [0.05, 0.1) is 20.6 Å². The van der Waals surface area contributed by atoms with E-state index in [4.69, 9.17) is 5.73 Å². The number of nitrogens with two attached hydrogens (primary N) is 1. The molecule has 0 atom stereocenters. The van der Waals surface area contributed by atoms with E-state index >= 15 is 0 Å². The minimum Gasteiger partial charge on any atom is -0.398 e. The van der Waals surface area contributed by atoms with Crippen molar-refractivity contribution in [2.24, 2.45) is 0 Å². The van der Waals surface area contributed by atoms with Crippen LogP contribution in [0.5, 0.6) is 0 Å².